The van der Waals surface area contributed by atoms with Crippen LogP contribution in [0, 0.1) is 6.92 Å². The molecule has 0 aliphatic rings. The molecule has 0 aliphatic carbocycles. The lowest BCUT2D eigenvalue weighted by atomic mass is 10.2. The molecule has 1 N–H and O–H groups in total. The average Bonchev–Trinajstić information content (AvgIpc) is 2.61. The molecule has 0 saturated carbocycles. The summed E-state index contributed by atoms with van der Waals surface area (Å²) in [5.74, 6) is 2.13. The summed E-state index contributed by atoms with van der Waals surface area (Å²) >= 11 is 0. The van der Waals surface area contributed by atoms with E-state index in [1.165, 1.54) is 0 Å². The highest BCUT2D eigenvalue weighted by Crippen LogP contribution is 2.23. The number of nitrogens with one attached hydrogen (secondary N) is 1. The molecule has 0 amide bonds. The van der Waals surface area contributed by atoms with Crippen LogP contribution in [0.15, 0.2) is 42.6 Å². The van der Waals surface area contributed by atoms with E-state index in [2.05, 4.69) is 46.2 Å². The summed E-state index contributed by atoms with van der Waals surface area (Å²) in [5, 5.41) is 4.55. The fourth-order valence-electron chi connectivity index (χ4n) is 2.75. The smallest absolute Gasteiger partial charge is 0.180 e. The van der Waals surface area contributed by atoms with E-state index in [0.717, 1.165) is 41.1 Å². The molecule has 0 aliphatic heterocycles. The molecule has 5 nitrogen and oxygen atoms in total. The molecule has 0 saturated heterocycles. The Morgan fingerprint density at radius 1 is 1.12 bits per heavy atom. The van der Waals surface area contributed by atoms with Gasteiger partial charge in [-0.05, 0) is 32.4 Å². The van der Waals surface area contributed by atoms with Crippen molar-refractivity contribution in [3.8, 4) is 5.75 Å². The van der Waals surface area contributed by atoms with E-state index in [0.29, 0.717) is 18.4 Å². The van der Waals surface area contributed by atoms with Gasteiger partial charge in [-0.25, -0.2) is 15.0 Å². The largest absolute Gasteiger partial charge is 0.482 e. The van der Waals surface area contributed by atoms with Crippen LogP contribution < -0.4 is 10.1 Å². The van der Waals surface area contributed by atoms with Crippen molar-refractivity contribution in [2.75, 3.05) is 5.32 Å². The molecular formula is C21H28N4O. The molecule has 5 heteroatoms. The van der Waals surface area contributed by atoms with E-state index in [9.17, 15) is 0 Å². The molecule has 0 fully saturated rings. The van der Waals surface area contributed by atoms with Crippen molar-refractivity contribution >= 4 is 16.7 Å². The standard InChI is InChI=1S/C20H24N4O.CH4/c1-4-7-14(2)22-20-19(12-21-15(3)23-20)25-13-17-11-10-16-8-5-6-9-18(16)24-17;/h5-6,8-12,14H,4,7,13H2,1-3H3,(H,21,22,23);1H4. The zero-order chi connectivity index (χ0) is 17.6. The van der Waals surface area contributed by atoms with Gasteiger partial charge in [0, 0.05) is 11.4 Å². The maximum atomic E-state index is 5.96. The number of nitrogens with zero attached hydrogens (tertiary/aromatic N) is 3. The van der Waals surface area contributed by atoms with Crippen molar-refractivity contribution in [3.05, 3.63) is 54.1 Å². The molecule has 26 heavy (non-hydrogen) atoms. The first-order valence-corrected chi connectivity index (χ1v) is 8.73. The Morgan fingerprint density at radius 2 is 1.92 bits per heavy atom. The molecule has 1 aromatic carbocycles. The second-order valence-corrected chi connectivity index (χ2v) is 6.25. The van der Waals surface area contributed by atoms with E-state index >= 15 is 0 Å². The summed E-state index contributed by atoms with van der Waals surface area (Å²) in [5.41, 5.74) is 1.85. The lowest BCUT2D eigenvalue weighted by Crippen LogP contribution is -2.17. The molecule has 1 atom stereocenters. The molecule has 2 heterocycles. The zero-order valence-electron chi connectivity index (χ0n) is 15.0. The van der Waals surface area contributed by atoms with E-state index in [4.69, 9.17) is 4.74 Å². The predicted octanol–water partition coefficient (Wildman–Crippen LogP) is 5.15. The van der Waals surface area contributed by atoms with Crippen molar-refractivity contribution in [2.24, 2.45) is 0 Å². The number of hydrogen-bond donors (Lipinski definition) is 1. The van der Waals surface area contributed by atoms with Gasteiger partial charge < -0.3 is 10.1 Å². The molecule has 0 radical (unpaired) electrons. The Kier molecular flexibility index (Phi) is 6.89. The van der Waals surface area contributed by atoms with Gasteiger partial charge in [0.25, 0.3) is 0 Å². The maximum absolute atomic E-state index is 5.96. The Hall–Kier alpha value is -2.69. The Balaban J connectivity index is 0.00000243. The number of para-hydroxylation sites is 1. The number of ether oxygens (including phenoxy) is 1. The molecule has 2 aromatic heterocycles. The molecule has 138 valence electrons. The number of rotatable bonds is 7. The van der Waals surface area contributed by atoms with E-state index in [1.807, 2.05) is 31.2 Å². The van der Waals surface area contributed by atoms with Crippen molar-refractivity contribution in [1.29, 1.82) is 0 Å². The van der Waals surface area contributed by atoms with Crippen LogP contribution in [0.5, 0.6) is 5.75 Å². The SMILES string of the molecule is C.CCCC(C)Nc1nc(C)ncc1OCc1ccc2ccccc2n1. The maximum Gasteiger partial charge on any atom is 0.180 e. The van der Waals surface area contributed by atoms with Gasteiger partial charge in [-0.3, -0.25) is 0 Å². The van der Waals surface area contributed by atoms with Gasteiger partial charge in [0.2, 0.25) is 0 Å². The second kappa shape index (κ2) is 9.13. The highest BCUT2D eigenvalue weighted by molar-refractivity contribution is 5.78. The first-order valence-electron chi connectivity index (χ1n) is 8.73. The zero-order valence-corrected chi connectivity index (χ0v) is 15.0. The summed E-state index contributed by atoms with van der Waals surface area (Å²) in [6, 6.07) is 12.5. The van der Waals surface area contributed by atoms with Crippen molar-refractivity contribution < 1.29 is 4.74 Å². The van der Waals surface area contributed by atoms with Crippen LogP contribution in [-0.4, -0.2) is 21.0 Å². The van der Waals surface area contributed by atoms with Crippen LogP contribution in [0.3, 0.4) is 0 Å². The minimum Gasteiger partial charge on any atom is -0.482 e. The fraction of sp³-hybridized carbons (Fsp3) is 0.381. The first-order chi connectivity index (χ1) is 12.2. The normalized spacial score (nSPS) is 11.7. The van der Waals surface area contributed by atoms with Crippen molar-refractivity contribution in [2.45, 2.75) is 53.7 Å². The Bertz CT molecular complexity index is 850. The van der Waals surface area contributed by atoms with Gasteiger partial charge >= 0.3 is 0 Å². The fourth-order valence-corrected chi connectivity index (χ4v) is 2.75. The minimum absolute atomic E-state index is 0. The third-order valence-electron chi connectivity index (χ3n) is 4.01. The van der Waals surface area contributed by atoms with E-state index < -0.39 is 0 Å². The number of pyridine rings is 1. The lowest BCUT2D eigenvalue weighted by molar-refractivity contribution is 0.300. The minimum atomic E-state index is 0. The third kappa shape index (κ3) is 4.91. The van der Waals surface area contributed by atoms with Gasteiger partial charge in [-0.2, -0.15) is 0 Å². The van der Waals surface area contributed by atoms with Gasteiger partial charge in [0.05, 0.1) is 17.4 Å². The highest BCUT2D eigenvalue weighted by Gasteiger charge is 2.11. The molecule has 0 bridgehead atoms. The van der Waals surface area contributed by atoms with E-state index in [1.54, 1.807) is 6.20 Å². The van der Waals surface area contributed by atoms with Crippen molar-refractivity contribution in [1.82, 2.24) is 15.0 Å². The lowest BCUT2D eigenvalue weighted by Gasteiger charge is -2.17. The van der Waals surface area contributed by atoms with Gasteiger partial charge in [0.1, 0.15) is 12.4 Å². The molecular weight excluding hydrogens is 324 g/mol. The Labute approximate surface area is 155 Å². The number of aryl methyl sites for hydroxylation is 1. The average molecular weight is 352 g/mol. The van der Waals surface area contributed by atoms with Crippen LogP contribution >= 0.6 is 0 Å². The topological polar surface area (TPSA) is 59.9 Å². The van der Waals surface area contributed by atoms with Crippen molar-refractivity contribution in [3.63, 3.8) is 0 Å². The third-order valence-corrected chi connectivity index (χ3v) is 4.01. The summed E-state index contributed by atoms with van der Waals surface area (Å²) in [7, 11) is 0. The van der Waals surface area contributed by atoms with Crippen LogP contribution in [0.1, 0.15) is 45.6 Å². The quantitative estimate of drug-likeness (QED) is 0.637. The Morgan fingerprint density at radius 3 is 2.73 bits per heavy atom. The van der Waals surface area contributed by atoms with Crippen LogP contribution in [0.2, 0.25) is 0 Å². The number of benzene rings is 1. The van der Waals surface area contributed by atoms with Crippen LogP contribution in [0.25, 0.3) is 10.9 Å². The monoisotopic (exact) mass is 352 g/mol. The number of anilines is 1. The number of hydrogen-bond acceptors (Lipinski definition) is 5. The molecule has 3 rings (SSSR count). The number of aromatic nitrogens is 3. The molecule has 0 spiro atoms. The second-order valence-electron chi connectivity index (χ2n) is 6.25. The summed E-state index contributed by atoms with van der Waals surface area (Å²) in [6.45, 7) is 6.58. The number of fused-ring (bicyclic) bond motifs is 1. The summed E-state index contributed by atoms with van der Waals surface area (Å²) < 4.78 is 5.96. The summed E-state index contributed by atoms with van der Waals surface area (Å²) in [6.07, 6.45) is 3.93. The molecule has 3 aromatic rings. The molecule has 1 unspecified atom stereocenters. The highest BCUT2D eigenvalue weighted by atomic mass is 16.5. The van der Waals surface area contributed by atoms with E-state index in [-0.39, 0.29) is 7.43 Å². The summed E-state index contributed by atoms with van der Waals surface area (Å²) in [4.78, 5) is 13.4. The van der Waals surface area contributed by atoms with Gasteiger partial charge in [-0.1, -0.05) is 45.0 Å². The van der Waals surface area contributed by atoms with Crippen LogP contribution in [-0.2, 0) is 6.61 Å². The van der Waals surface area contributed by atoms with Crippen LogP contribution in [0.4, 0.5) is 5.82 Å². The first kappa shape index (κ1) is 19.6. The van der Waals surface area contributed by atoms with Gasteiger partial charge in [0.15, 0.2) is 11.6 Å². The van der Waals surface area contributed by atoms with Gasteiger partial charge in [-0.15, -0.1) is 0 Å². The predicted molar refractivity (Wildman–Crippen MR) is 108 cm³/mol.